The Kier molecular flexibility index (Phi) is 25.9. The van der Waals surface area contributed by atoms with E-state index in [0.29, 0.717) is 0 Å². The highest BCUT2D eigenvalue weighted by atomic mass is 16.6. The molecule has 25 heteroatoms. The number of carbonyl (C=O) groups excluding carboxylic acids is 5. The lowest BCUT2D eigenvalue weighted by Crippen LogP contribution is -2.51. The summed E-state index contributed by atoms with van der Waals surface area (Å²) in [4.78, 5) is 50.6. The van der Waals surface area contributed by atoms with Crippen LogP contribution in [-0.4, -0.2) is 224 Å². The van der Waals surface area contributed by atoms with Gasteiger partial charge < -0.3 is 80.9 Å². The zero-order valence-electron chi connectivity index (χ0n) is 35.0. The Morgan fingerprint density at radius 2 is 1.02 bits per heavy atom. The van der Waals surface area contributed by atoms with Crippen molar-refractivity contribution in [2.45, 2.75) is 114 Å². The van der Waals surface area contributed by atoms with Gasteiger partial charge in [0.25, 0.3) is 0 Å². The minimum Gasteiger partial charge on any atom is -0.462 e. The molecule has 21 nitrogen and oxygen atoms in total. The van der Waals surface area contributed by atoms with Gasteiger partial charge in [-0.2, -0.15) is 9.59 Å². The van der Waals surface area contributed by atoms with E-state index in [2.05, 4.69) is 16.4 Å². The molecule has 0 bridgehead atoms. The number of carbonyl (C=O) groups is 3. The number of aliphatic hydroxyl groups excluding tert-OH is 8. The summed E-state index contributed by atoms with van der Waals surface area (Å²) in [5.41, 5.74) is 0.749. The molecule has 12 N–H and O–H groups in total. The van der Waals surface area contributed by atoms with Crippen LogP contribution in [0.5, 0.6) is 0 Å². The van der Waals surface area contributed by atoms with Crippen molar-refractivity contribution in [1.29, 1.82) is 0 Å². The average molecular weight is 843 g/mol. The highest BCUT2D eigenvalue weighted by Crippen LogP contribution is 2.43. The van der Waals surface area contributed by atoms with Gasteiger partial charge in [0.1, 0.15) is 60.3 Å². The fourth-order valence-corrected chi connectivity index (χ4v) is 6.82. The third-order valence-corrected chi connectivity index (χ3v) is 11.3. The Morgan fingerprint density at radius 3 is 1.31 bits per heavy atom. The van der Waals surface area contributed by atoms with Gasteiger partial charge in [-0.15, -0.1) is 0 Å². The Labute approximate surface area is 350 Å². The summed E-state index contributed by atoms with van der Waals surface area (Å²) >= 11 is 0. The number of hydrogen-bond donors (Lipinski definition) is 11. The van der Waals surface area contributed by atoms with Crippen LogP contribution in [0, 0.1) is 21.7 Å². The Bertz CT molecular complexity index is 1280. The van der Waals surface area contributed by atoms with E-state index >= 15 is 0 Å². The molecule has 16 atom stereocenters. The second kappa shape index (κ2) is 26.1. The van der Waals surface area contributed by atoms with E-state index in [1.807, 2.05) is 13.8 Å². The number of ether oxygens (including phenoxy) is 5. The van der Waals surface area contributed by atoms with Crippen LogP contribution >= 0.6 is 0 Å². The van der Waals surface area contributed by atoms with Crippen LogP contribution in [0.3, 0.4) is 0 Å². The first kappa shape index (κ1) is 58.6. The van der Waals surface area contributed by atoms with E-state index in [4.69, 9.17) is 85.1 Å². The van der Waals surface area contributed by atoms with Crippen molar-refractivity contribution in [3.05, 3.63) is 0 Å². The minimum absolute atomic E-state index is 0.0882. The van der Waals surface area contributed by atoms with Crippen LogP contribution in [0.2, 0.25) is 0 Å². The van der Waals surface area contributed by atoms with E-state index in [9.17, 15) is 34.8 Å². The van der Waals surface area contributed by atoms with E-state index in [0.717, 1.165) is 13.5 Å². The van der Waals surface area contributed by atoms with Gasteiger partial charge in [0, 0.05) is 50.6 Å². The molecule has 5 fully saturated rings. The largest absolute Gasteiger partial charge is 0.462 e. The first-order valence-corrected chi connectivity index (χ1v) is 18.3. The smallest absolute Gasteiger partial charge is 0.373 e. The van der Waals surface area contributed by atoms with Gasteiger partial charge in [-0.05, 0) is 34.2 Å². The van der Waals surface area contributed by atoms with Gasteiger partial charge in [0.05, 0.1) is 62.5 Å². The molecule has 5 rings (SSSR count). The second-order valence-corrected chi connectivity index (χ2v) is 14.2. The van der Waals surface area contributed by atoms with Gasteiger partial charge >= 0.3 is 12.1 Å². The summed E-state index contributed by atoms with van der Waals surface area (Å²) in [5, 5.41) is 77.4. The number of nitrogens with two attached hydrogens (primary N) is 1. The Hall–Kier alpha value is -2.47. The number of aliphatic hydroxyl groups is 8. The summed E-state index contributed by atoms with van der Waals surface area (Å²) < 4.78 is 25.3. The van der Waals surface area contributed by atoms with Gasteiger partial charge in [-0.3, -0.25) is 14.4 Å². The van der Waals surface area contributed by atoms with Crippen LogP contribution in [-0.2, 0) is 47.7 Å². The molecule has 5 heterocycles. The molecule has 59 heavy (non-hydrogen) atoms. The zero-order valence-corrected chi connectivity index (χ0v) is 35.0. The number of rotatable bonds is 6. The maximum Gasteiger partial charge on any atom is 0.373 e. The van der Waals surface area contributed by atoms with Crippen LogP contribution < -0.4 is 16.4 Å². The van der Waals surface area contributed by atoms with Crippen molar-refractivity contribution in [2.24, 2.45) is 27.4 Å². The molecule has 0 saturated carbocycles. The lowest BCUT2D eigenvalue weighted by atomic mass is 9.74. The first-order valence-electron chi connectivity index (χ1n) is 18.3. The molecule has 0 aliphatic carbocycles. The highest BCUT2D eigenvalue weighted by Gasteiger charge is 2.61. The fraction of sp³-hybridized carbons (Fsp3) is 0.882. The lowest BCUT2D eigenvalue weighted by molar-refractivity contribution is -0.191. The highest BCUT2D eigenvalue weighted by molar-refractivity contribution is 6.13. The predicted molar refractivity (Wildman–Crippen MR) is 208 cm³/mol. The standard InChI is InChI=1S/2C8H14BNO4.C8H15BO3.C7H9BO4.CH5N.CO2.CH4O/c2*1-8(7(13)10-2)4(3-11)14-6(9)5(8)12;1-3-8(2)5(4-10)12-7(9)6(8)11;1-7-3(2-11-6(7)10)12-5(8)4(7)9;1-2;2-1-3;1-2/h2*4-6,11-12H,3H2,1-2H3,(H,10,13);5-7,10-11H,3-4H2,1-2H3;3-5,9H,2H2,1H3;2H2,1H3;;2H,1H3/t4?,5-,6+,8-;4-,5-,6+,8-;5-,6-,7+,8-;3-,4+,5-,7+;;;/m0111.../s1. The van der Waals surface area contributed by atoms with Gasteiger partial charge in [0.15, 0.2) is 0 Å². The van der Waals surface area contributed by atoms with E-state index in [1.165, 1.54) is 35.0 Å². The number of cyclic esters (lactones) is 1. The molecule has 2 amide bonds. The molecule has 0 spiro atoms. The molecule has 5 saturated heterocycles. The Balaban J connectivity index is 0. The SMILES string of the molecule is CN.CO.O=C=O.[B][C@@H]1OC(CO)[C@](C)(C(=O)NC)[C@H]1O.[B][C@@H]1O[C@@H]2COC(=O)[C@]2(C)[C@H]1O.[B][C@H]1O[C@H](CO)[C@@](C)(C(=O)NC)[C@@H]1O.[B][C@H]1O[C@H](CO)[C@@](C)(CC)[C@@H]1O. The first-order chi connectivity index (χ1) is 27.5. The van der Waals surface area contributed by atoms with Crippen LogP contribution in [0.1, 0.15) is 41.0 Å². The number of fused-ring (bicyclic) bond motifs is 1. The van der Waals surface area contributed by atoms with Crippen molar-refractivity contribution in [3.8, 4) is 0 Å². The summed E-state index contributed by atoms with van der Waals surface area (Å²) in [6.45, 7) is 7.89. The van der Waals surface area contributed by atoms with Crippen molar-refractivity contribution in [3.63, 3.8) is 0 Å². The van der Waals surface area contributed by atoms with Crippen LogP contribution in [0.25, 0.3) is 0 Å². The zero-order chi connectivity index (χ0) is 46.9. The molecular weight excluding hydrogens is 782 g/mol. The molecule has 0 aromatic rings. The van der Waals surface area contributed by atoms with Crippen molar-refractivity contribution >= 4 is 55.3 Å². The normalized spacial score (nSPS) is 40.9. The van der Waals surface area contributed by atoms with Gasteiger partial charge in [-0.25, -0.2) is 0 Å². The molecule has 1 unspecified atom stereocenters. The second-order valence-electron chi connectivity index (χ2n) is 14.2. The lowest BCUT2D eigenvalue weighted by Gasteiger charge is -2.30. The minimum atomic E-state index is -1.19. The summed E-state index contributed by atoms with van der Waals surface area (Å²) in [6.07, 6.45) is -5.15. The topological polar surface area (TPSA) is 343 Å². The summed E-state index contributed by atoms with van der Waals surface area (Å²) in [6, 6.07) is -3.30. The maximum atomic E-state index is 11.5. The third-order valence-electron chi connectivity index (χ3n) is 11.3. The predicted octanol–water partition coefficient (Wildman–Crippen LogP) is -6.98. The number of hydrogen-bond acceptors (Lipinski definition) is 19. The monoisotopic (exact) mass is 843 g/mol. The Morgan fingerprint density at radius 1 is 0.695 bits per heavy atom. The molecule has 5 aliphatic rings. The maximum absolute atomic E-state index is 11.5. The van der Waals surface area contributed by atoms with Gasteiger partial charge in [0.2, 0.25) is 11.8 Å². The third kappa shape index (κ3) is 12.3. The van der Waals surface area contributed by atoms with Gasteiger partial charge in [-0.1, -0.05) is 13.8 Å². The van der Waals surface area contributed by atoms with E-state index in [-0.39, 0.29) is 38.7 Å². The van der Waals surface area contributed by atoms with Crippen LogP contribution in [0.15, 0.2) is 0 Å². The average Bonchev–Trinajstić information content (AvgIpc) is 3.90. The molecule has 332 valence electrons. The summed E-state index contributed by atoms with van der Waals surface area (Å²) in [5.74, 6) is -1.21. The quantitative estimate of drug-likeness (QED) is 0.0874. The molecule has 0 aromatic heterocycles. The van der Waals surface area contributed by atoms with Crippen molar-refractivity contribution < 1.29 is 88.5 Å². The van der Waals surface area contributed by atoms with E-state index < -0.39 is 106 Å². The van der Waals surface area contributed by atoms with Crippen molar-refractivity contribution in [1.82, 2.24) is 10.6 Å². The summed E-state index contributed by atoms with van der Waals surface area (Å²) in [7, 11) is 27.3. The van der Waals surface area contributed by atoms with Crippen LogP contribution in [0.4, 0.5) is 0 Å². The van der Waals surface area contributed by atoms with Crippen molar-refractivity contribution in [2.75, 3.05) is 54.7 Å². The van der Waals surface area contributed by atoms with E-state index in [1.54, 1.807) is 6.92 Å². The molecule has 5 aliphatic heterocycles. The molecule has 8 radical (unpaired) electrons. The fourth-order valence-electron chi connectivity index (χ4n) is 6.82. The number of amides is 2. The molecular formula is C34H61B4N3O18. The molecule has 0 aromatic carbocycles. The number of nitrogens with one attached hydrogen (secondary N) is 2. The number of esters is 1.